The maximum absolute atomic E-state index is 14.3. The van der Waals surface area contributed by atoms with Gasteiger partial charge in [0.1, 0.15) is 6.61 Å². The van der Waals surface area contributed by atoms with Crippen molar-refractivity contribution in [3.8, 4) is 0 Å². The van der Waals surface area contributed by atoms with Crippen molar-refractivity contribution in [2.24, 2.45) is 0 Å². The van der Waals surface area contributed by atoms with E-state index in [2.05, 4.69) is 0 Å². The Balaban J connectivity index is 6.95. The Morgan fingerprint density at radius 1 is 0.750 bits per heavy atom. The molecule has 0 aliphatic rings. The number of carbonyl (C=O) groups is 2. The monoisotopic (exact) mass is 430 g/mol. The number of aliphatic hydroxyl groups excluding tert-OH is 1. The van der Waals surface area contributed by atoms with Crippen molar-refractivity contribution < 1.29 is 65.1 Å². The van der Waals surface area contributed by atoms with Gasteiger partial charge in [0.05, 0.1) is 0 Å². The molecule has 6 nitrogen and oxygen atoms in total. The Labute approximate surface area is 151 Å². The van der Waals surface area contributed by atoms with Gasteiger partial charge in [-0.15, -0.1) is 0 Å². The van der Waals surface area contributed by atoms with Crippen molar-refractivity contribution in [3.05, 3.63) is 23.3 Å². The van der Waals surface area contributed by atoms with Crippen LogP contribution >= 0.6 is 0 Å². The van der Waals surface area contributed by atoms with Gasteiger partial charge in [-0.3, -0.25) is 0 Å². The SMILES string of the molecule is CC(=CC(O)(C=C(C)C(=O)O)C(F)(F)C(F)(F)C(F)(F)C(F)(F)CO)C(=O)O. The Hall–Kier alpha value is -2.22. The molecule has 0 amide bonds. The lowest BCUT2D eigenvalue weighted by atomic mass is 9.83. The van der Waals surface area contributed by atoms with E-state index >= 15 is 0 Å². The Bertz CT molecular complexity index is 668. The van der Waals surface area contributed by atoms with Gasteiger partial charge in [-0.1, -0.05) is 0 Å². The number of rotatable bonds is 9. The molecule has 4 N–H and O–H groups in total. The van der Waals surface area contributed by atoms with Gasteiger partial charge in [0.2, 0.25) is 0 Å². The van der Waals surface area contributed by atoms with Crippen LogP contribution in [-0.4, -0.2) is 68.3 Å². The maximum Gasteiger partial charge on any atom is 0.381 e. The first-order valence-corrected chi connectivity index (χ1v) is 6.92. The standard InChI is InChI=1S/C14H14F8O6/c1-6(8(24)25)3-10(28,4-7(2)9(26)27)12(17,18)14(21,22)13(19,20)11(15,16)5-23/h3-4,23,28H,5H2,1-2H3,(H,24,25)(H,26,27). The van der Waals surface area contributed by atoms with Crippen LogP contribution in [-0.2, 0) is 9.59 Å². The van der Waals surface area contributed by atoms with Crippen molar-refractivity contribution in [3.63, 3.8) is 0 Å². The first-order chi connectivity index (χ1) is 12.2. The number of alkyl halides is 8. The van der Waals surface area contributed by atoms with Crippen LogP contribution in [0.5, 0.6) is 0 Å². The van der Waals surface area contributed by atoms with Gasteiger partial charge in [-0.2, -0.15) is 35.1 Å². The van der Waals surface area contributed by atoms with Gasteiger partial charge in [0, 0.05) is 11.1 Å². The molecule has 0 atom stereocenters. The molecule has 0 rings (SSSR count). The molecule has 0 unspecified atom stereocenters. The Kier molecular flexibility index (Phi) is 7.05. The normalized spacial score (nSPS) is 17.3. The van der Waals surface area contributed by atoms with Crippen LogP contribution in [0.25, 0.3) is 0 Å². The van der Waals surface area contributed by atoms with Crippen LogP contribution in [0.3, 0.4) is 0 Å². The van der Waals surface area contributed by atoms with E-state index in [1.54, 1.807) is 0 Å². The van der Waals surface area contributed by atoms with Crippen LogP contribution in [0.4, 0.5) is 35.1 Å². The molecule has 162 valence electrons. The zero-order valence-corrected chi connectivity index (χ0v) is 14.0. The number of aliphatic hydroxyl groups is 2. The van der Waals surface area contributed by atoms with E-state index in [0.717, 1.165) is 0 Å². The largest absolute Gasteiger partial charge is 0.478 e. The van der Waals surface area contributed by atoms with E-state index in [9.17, 15) is 49.8 Å². The second kappa shape index (κ2) is 7.66. The highest BCUT2D eigenvalue weighted by atomic mass is 19.4. The van der Waals surface area contributed by atoms with Gasteiger partial charge in [0.15, 0.2) is 5.60 Å². The molecule has 0 spiro atoms. The second-order valence-corrected chi connectivity index (χ2v) is 5.68. The Morgan fingerprint density at radius 3 is 1.32 bits per heavy atom. The van der Waals surface area contributed by atoms with E-state index in [1.807, 2.05) is 0 Å². The predicted molar refractivity (Wildman–Crippen MR) is 74.6 cm³/mol. The molecule has 0 aliphatic heterocycles. The van der Waals surface area contributed by atoms with Gasteiger partial charge in [-0.25, -0.2) is 9.59 Å². The molecule has 0 saturated carbocycles. The summed E-state index contributed by atoms with van der Waals surface area (Å²) in [6, 6.07) is 0. The summed E-state index contributed by atoms with van der Waals surface area (Å²) in [5.74, 6) is -30.9. The fourth-order valence-corrected chi connectivity index (χ4v) is 1.78. The molecule has 0 aromatic carbocycles. The van der Waals surface area contributed by atoms with E-state index in [-0.39, 0.29) is 0 Å². The first kappa shape index (κ1) is 25.8. The second-order valence-electron chi connectivity index (χ2n) is 5.68. The van der Waals surface area contributed by atoms with Crippen molar-refractivity contribution in [2.75, 3.05) is 6.61 Å². The number of halogens is 8. The number of carboxylic acid groups (broad SMARTS) is 2. The number of aliphatic carboxylic acids is 2. The molecule has 0 radical (unpaired) electrons. The maximum atomic E-state index is 14.3. The van der Waals surface area contributed by atoms with Crippen molar-refractivity contribution in [2.45, 2.75) is 43.1 Å². The molecule has 0 aromatic heterocycles. The van der Waals surface area contributed by atoms with Crippen molar-refractivity contribution in [1.29, 1.82) is 0 Å². The van der Waals surface area contributed by atoms with Gasteiger partial charge in [-0.05, 0) is 26.0 Å². The summed E-state index contributed by atoms with van der Waals surface area (Å²) in [5.41, 5.74) is -7.41. The van der Waals surface area contributed by atoms with Crippen LogP contribution in [0, 0.1) is 0 Å². The Morgan fingerprint density at radius 2 is 1.07 bits per heavy atom. The molecule has 0 fully saturated rings. The van der Waals surface area contributed by atoms with Gasteiger partial charge < -0.3 is 20.4 Å². The molecular formula is C14H14F8O6. The summed E-state index contributed by atoms with van der Waals surface area (Å²) in [6.07, 6.45) is -1.19. The molecule has 0 aromatic rings. The van der Waals surface area contributed by atoms with E-state index in [4.69, 9.17) is 15.3 Å². The summed E-state index contributed by atoms with van der Waals surface area (Å²) in [7, 11) is 0. The molecular weight excluding hydrogens is 416 g/mol. The third-order valence-corrected chi connectivity index (χ3v) is 3.50. The van der Waals surface area contributed by atoms with E-state index in [0.29, 0.717) is 13.8 Å². The van der Waals surface area contributed by atoms with Gasteiger partial charge in [0.25, 0.3) is 0 Å². The molecule has 28 heavy (non-hydrogen) atoms. The van der Waals surface area contributed by atoms with Crippen LogP contribution in [0.15, 0.2) is 23.3 Å². The fraction of sp³-hybridized carbons (Fsp3) is 0.571. The lowest BCUT2D eigenvalue weighted by molar-refractivity contribution is -0.387. The van der Waals surface area contributed by atoms with Crippen molar-refractivity contribution in [1.82, 2.24) is 0 Å². The average molecular weight is 430 g/mol. The summed E-state index contributed by atoms with van der Waals surface area (Å²) in [5, 5.41) is 35.3. The smallest absolute Gasteiger partial charge is 0.381 e. The minimum absolute atomic E-state index is 0.450. The predicted octanol–water partition coefficient (Wildman–Crippen LogP) is 2.31. The number of hydrogen-bond acceptors (Lipinski definition) is 4. The molecule has 0 heterocycles. The molecule has 0 aliphatic carbocycles. The van der Waals surface area contributed by atoms with Crippen LogP contribution in [0.2, 0.25) is 0 Å². The zero-order valence-electron chi connectivity index (χ0n) is 14.0. The lowest BCUT2D eigenvalue weighted by Gasteiger charge is -2.41. The first-order valence-electron chi connectivity index (χ1n) is 6.92. The van der Waals surface area contributed by atoms with E-state index in [1.165, 1.54) is 0 Å². The summed E-state index contributed by atoms with van der Waals surface area (Å²) in [6.45, 7) is -2.07. The quantitative estimate of drug-likeness (QED) is 0.330. The van der Waals surface area contributed by atoms with Crippen LogP contribution < -0.4 is 0 Å². The third-order valence-electron chi connectivity index (χ3n) is 3.50. The van der Waals surface area contributed by atoms with Crippen LogP contribution in [0.1, 0.15) is 13.8 Å². The lowest BCUT2D eigenvalue weighted by Crippen LogP contribution is -2.69. The van der Waals surface area contributed by atoms with Gasteiger partial charge >= 0.3 is 35.6 Å². The molecule has 0 bridgehead atoms. The summed E-state index contributed by atoms with van der Waals surface area (Å²) < 4.78 is 109. The fourth-order valence-electron chi connectivity index (χ4n) is 1.78. The number of carboxylic acids is 2. The minimum atomic E-state index is -7.09. The average Bonchev–Trinajstić information content (AvgIpc) is 2.53. The van der Waals surface area contributed by atoms with Crippen molar-refractivity contribution >= 4 is 11.9 Å². The highest BCUT2D eigenvalue weighted by molar-refractivity contribution is 5.87. The van der Waals surface area contributed by atoms with E-state index < -0.39 is 71.1 Å². The number of hydrogen-bond donors (Lipinski definition) is 4. The molecule has 0 saturated heterocycles. The highest BCUT2D eigenvalue weighted by Gasteiger charge is 2.84. The third kappa shape index (κ3) is 4.11. The summed E-state index contributed by atoms with van der Waals surface area (Å²) in [4.78, 5) is 21.5. The summed E-state index contributed by atoms with van der Waals surface area (Å²) >= 11 is 0. The highest BCUT2D eigenvalue weighted by Crippen LogP contribution is 2.56. The zero-order chi connectivity index (χ0) is 22.9. The molecule has 14 heteroatoms. The topological polar surface area (TPSA) is 115 Å². The minimum Gasteiger partial charge on any atom is -0.478 e.